The summed E-state index contributed by atoms with van der Waals surface area (Å²) in [5.74, 6) is -2.60. The van der Waals surface area contributed by atoms with E-state index in [1.807, 2.05) is 6.92 Å². The second-order valence-electron chi connectivity index (χ2n) is 3.38. The first kappa shape index (κ1) is 13.0. The monoisotopic (exact) mass is 232 g/mol. The summed E-state index contributed by atoms with van der Waals surface area (Å²) in [5, 5.41) is 5.94. The molecule has 0 aliphatic carbocycles. The molecule has 0 fully saturated rings. The van der Waals surface area contributed by atoms with Gasteiger partial charge in [0.1, 0.15) is 17.5 Å². The van der Waals surface area contributed by atoms with Crippen molar-refractivity contribution in [3.63, 3.8) is 0 Å². The Balaban J connectivity index is 2.47. The summed E-state index contributed by atoms with van der Waals surface area (Å²) >= 11 is 0. The van der Waals surface area contributed by atoms with Gasteiger partial charge in [-0.05, 0) is 6.54 Å². The molecule has 0 radical (unpaired) electrons. The highest BCUT2D eigenvalue weighted by molar-refractivity contribution is 5.20. The number of hydrogen-bond donors (Lipinski definition) is 2. The van der Waals surface area contributed by atoms with Crippen molar-refractivity contribution in [2.45, 2.75) is 13.5 Å². The Bertz CT molecular complexity index is 319. The normalized spacial score (nSPS) is 10.8. The first-order valence-corrected chi connectivity index (χ1v) is 5.20. The van der Waals surface area contributed by atoms with Crippen molar-refractivity contribution in [3.8, 4) is 0 Å². The van der Waals surface area contributed by atoms with Crippen LogP contribution in [0.5, 0.6) is 0 Å². The third-order valence-corrected chi connectivity index (χ3v) is 2.14. The van der Waals surface area contributed by atoms with Gasteiger partial charge in [0, 0.05) is 37.3 Å². The van der Waals surface area contributed by atoms with Gasteiger partial charge in [0.15, 0.2) is 0 Å². The van der Waals surface area contributed by atoms with E-state index < -0.39 is 17.5 Å². The summed E-state index contributed by atoms with van der Waals surface area (Å²) in [4.78, 5) is 0. The minimum Gasteiger partial charge on any atom is -0.316 e. The summed E-state index contributed by atoms with van der Waals surface area (Å²) in [7, 11) is 0. The summed E-state index contributed by atoms with van der Waals surface area (Å²) in [5.41, 5.74) is -0.127. The van der Waals surface area contributed by atoms with Gasteiger partial charge in [0.2, 0.25) is 0 Å². The van der Waals surface area contributed by atoms with Gasteiger partial charge in [-0.1, -0.05) is 6.92 Å². The maximum Gasteiger partial charge on any atom is 0.133 e. The maximum atomic E-state index is 13.2. The zero-order valence-electron chi connectivity index (χ0n) is 9.12. The Labute approximate surface area is 92.9 Å². The second-order valence-corrected chi connectivity index (χ2v) is 3.38. The Morgan fingerprint density at radius 2 is 1.56 bits per heavy atom. The molecular weight excluding hydrogens is 217 g/mol. The van der Waals surface area contributed by atoms with Crippen LogP contribution in [0.25, 0.3) is 0 Å². The van der Waals surface area contributed by atoms with Gasteiger partial charge in [-0.3, -0.25) is 0 Å². The molecule has 0 heterocycles. The van der Waals surface area contributed by atoms with E-state index in [-0.39, 0.29) is 12.1 Å². The number of rotatable bonds is 6. The van der Waals surface area contributed by atoms with Crippen LogP contribution in [0.1, 0.15) is 12.5 Å². The molecule has 0 spiro atoms. The highest BCUT2D eigenvalue weighted by Crippen LogP contribution is 2.14. The SMILES string of the molecule is CCNCCNCc1c(F)cc(F)cc1F. The first-order valence-electron chi connectivity index (χ1n) is 5.20. The lowest BCUT2D eigenvalue weighted by Gasteiger charge is -2.07. The minimum absolute atomic E-state index is 0.0589. The molecule has 16 heavy (non-hydrogen) atoms. The van der Waals surface area contributed by atoms with E-state index in [1.165, 1.54) is 0 Å². The molecule has 0 unspecified atom stereocenters. The fourth-order valence-corrected chi connectivity index (χ4v) is 1.31. The topological polar surface area (TPSA) is 24.1 Å². The predicted octanol–water partition coefficient (Wildman–Crippen LogP) is 1.80. The van der Waals surface area contributed by atoms with Crippen LogP contribution in [0.15, 0.2) is 12.1 Å². The van der Waals surface area contributed by atoms with Gasteiger partial charge in [-0.15, -0.1) is 0 Å². The fourth-order valence-electron chi connectivity index (χ4n) is 1.31. The van der Waals surface area contributed by atoms with Gasteiger partial charge < -0.3 is 10.6 Å². The van der Waals surface area contributed by atoms with Crippen LogP contribution in [0.2, 0.25) is 0 Å². The number of hydrogen-bond acceptors (Lipinski definition) is 2. The van der Waals surface area contributed by atoms with Crippen LogP contribution in [-0.2, 0) is 6.54 Å². The Morgan fingerprint density at radius 3 is 2.12 bits per heavy atom. The lowest BCUT2D eigenvalue weighted by atomic mass is 10.2. The third-order valence-electron chi connectivity index (χ3n) is 2.14. The van der Waals surface area contributed by atoms with E-state index in [9.17, 15) is 13.2 Å². The van der Waals surface area contributed by atoms with Crippen molar-refractivity contribution in [2.75, 3.05) is 19.6 Å². The average Bonchev–Trinajstić information content (AvgIpc) is 2.20. The van der Waals surface area contributed by atoms with Gasteiger partial charge in [-0.2, -0.15) is 0 Å². The van der Waals surface area contributed by atoms with Crippen LogP contribution >= 0.6 is 0 Å². The van der Waals surface area contributed by atoms with Crippen LogP contribution in [0, 0.1) is 17.5 Å². The molecule has 0 atom stereocenters. The van der Waals surface area contributed by atoms with Crippen LogP contribution < -0.4 is 10.6 Å². The second kappa shape index (κ2) is 6.50. The molecule has 0 saturated heterocycles. The number of nitrogens with one attached hydrogen (secondary N) is 2. The molecule has 90 valence electrons. The Kier molecular flexibility index (Phi) is 5.28. The van der Waals surface area contributed by atoms with E-state index in [2.05, 4.69) is 10.6 Å². The minimum atomic E-state index is -0.897. The highest BCUT2D eigenvalue weighted by Gasteiger charge is 2.10. The van der Waals surface area contributed by atoms with E-state index in [1.54, 1.807) is 0 Å². The summed E-state index contributed by atoms with van der Waals surface area (Å²) in [6.07, 6.45) is 0. The summed E-state index contributed by atoms with van der Waals surface area (Å²) < 4.78 is 38.9. The molecule has 0 amide bonds. The fraction of sp³-hybridized carbons (Fsp3) is 0.455. The Hall–Kier alpha value is -1.07. The van der Waals surface area contributed by atoms with E-state index in [0.29, 0.717) is 18.7 Å². The molecule has 0 aliphatic rings. The molecule has 1 aromatic carbocycles. The number of benzene rings is 1. The zero-order valence-corrected chi connectivity index (χ0v) is 9.12. The lowest BCUT2D eigenvalue weighted by molar-refractivity contribution is 0.508. The van der Waals surface area contributed by atoms with Crippen molar-refractivity contribution >= 4 is 0 Å². The number of likely N-dealkylation sites (N-methyl/N-ethyl adjacent to an activating group) is 1. The van der Waals surface area contributed by atoms with Crippen molar-refractivity contribution < 1.29 is 13.2 Å². The highest BCUT2D eigenvalue weighted by atomic mass is 19.1. The molecule has 0 aromatic heterocycles. The van der Waals surface area contributed by atoms with E-state index >= 15 is 0 Å². The lowest BCUT2D eigenvalue weighted by Crippen LogP contribution is -2.27. The zero-order chi connectivity index (χ0) is 12.0. The van der Waals surface area contributed by atoms with Crippen molar-refractivity contribution in [2.24, 2.45) is 0 Å². The standard InChI is InChI=1S/C11H15F3N2/c1-2-15-3-4-16-7-9-10(13)5-8(12)6-11(9)14/h5-6,15-16H,2-4,7H2,1H3. The van der Waals surface area contributed by atoms with Gasteiger partial charge in [-0.25, -0.2) is 13.2 Å². The predicted molar refractivity (Wildman–Crippen MR) is 56.6 cm³/mol. The maximum absolute atomic E-state index is 13.2. The molecule has 0 saturated carbocycles. The summed E-state index contributed by atoms with van der Waals surface area (Å²) in [6.45, 7) is 4.20. The molecule has 1 aromatic rings. The average molecular weight is 232 g/mol. The smallest absolute Gasteiger partial charge is 0.133 e. The van der Waals surface area contributed by atoms with Crippen molar-refractivity contribution in [3.05, 3.63) is 35.1 Å². The largest absolute Gasteiger partial charge is 0.316 e. The van der Waals surface area contributed by atoms with Crippen molar-refractivity contribution in [1.82, 2.24) is 10.6 Å². The molecule has 2 nitrogen and oxygen atoms in total. The molecule has 1 rings (SSSR count). The van der Waals surface area contributed by atoms with E-state index in [0.717, 1.165) is 13.1 Å². The molecule has 0 aliphatic heterocycles. The van der Waals surface area contributed by atoms with Crippen molar-refractivity contribution in [1.29, 1.82) is 0 Å². The molecule has 0 bridgehead atoms. The first-order chi connectivity index (χ1) is 7.65. The van der Waals surface area contributed by atoms with E-state index in [4.69, 9.17) is 0 Å². The molecule has 2 N–H and O–H groups in total. The number of halogens is 3. The van der Waals surface area contributed by atoms with Gasteiger partial charge in [0.05, 0.1) is 0 Å². The molecular formula is C11H15F3N2. The van der Waals surface area contributed by atoms with Gasteiger partial charge >= 0.3 is 0 Å². The van der Waals surface area contributed by atoms with Crippen LogP contribution in [-0.4, -0.2) is 19.6 Å². The summed E-state index contributed by atoms with van der Waals surface area (Å²) in [6, 6.07) is 1.37. The Morgan fingerprint density at radius 1 is 1.00 bits per heavy atom. The quantitative estimate of drug-likeness (QED) is 0.731. The van der Waals surface area contributed by atoms with Gasteiger partial charge in [0.25, 0.3) is 0 Å². The van der Waals surface area contributed by atoms with Crippen LogP contribution in [0.4, 0.5) is 13.2 Å². The third kappa shape index (κ3) is 3.83. The molecule has 5 heteroatoms. The van der Waals surface area contributed by atoms with Crippen LogP contribution in [0.3, 0.4) is 0 Å².